The number of carbonyl (C=O) groups is 1. The van der Waals surface area contributed by atoms with Crippen LogP contribution in [0.2, 0.25) is 5.02 Å². The highest BCUT2D eigenvalue weighted by Gasteiger charge is 2.23. The second kappa shape index (κ2) is 7.68. The molecule has 0 saturated heterocycles. The summed E-state index contributed by atoms with van der Waals surface area (Å²) in [6, 6.07) is 6.40. The van der Waals surface area contributed by atoms with Crippen molar-refractivity contribution in [2.24, 2.45) is 12.2 Å². The van der Waals surface area contributed by atoms with Gasteiger partial charge in [0.25, 0.3) is 5.56 Å². The molecule has 0 atom stereocenters. The molecule has 1 aromatic carbocycles. The molecule has 166 valence electrons. The Bertz CT molecular complexity index is 1550. The van der Waals surface area contributed by atoms with Crippen LogP contribution < -0.4 is 11.2 Å². The summed E-state index contributed by atoms with van der Waals surface area (Å²) in [4.78, 5) is 42.8. The molecule has 11 nitrogen and oxygen atoms in total. The van der Waals surface area contributed by atoms with E-state index in [9.17, 15) is 19.5 Å². The molecule has 0 fully saturated rings. The predicted octanol–water partition coefficient (Wildman–Crippen LogP) is 2.30. The van der Waals surface area contributed by atoms with Gasteiger partial charge in [-0.1, -0.05) is 22.8 Å². The number of aryl methyl sites for hydroxylation is 2. The summed E-state index contributed by atoms with van der Waals surface area (Å²) in [5, 5.41) is 22.9. The third kappa shape index (κ3) is 3.01. The third-order valence-electron chi connectivity index (χ3n) is 5.41. The van der Waals surface area contributed by atoms with Gasteiger partial charge >= 0.3 is 11.8 Å². The average molecular weight is 459 g/mol. The van der Waals surface area contributed by atoms with E-state index in [1.54, 1.807) is 38.2 Å². The molecule has 0 aliphatic rings. The van der Waals surface area contributed by atoms with Crippen LogP contribution in [-0.2, 0) is 20.1 Å². The topological polar surface area (TPSA) is 137 Å². The first-order valence-electron chi connectivity index (χ1n) is 9.62. The molecule has 0 radical (unpaired) electrons. The summed E-state index contributed by atoms with van der Waals surface area (Å²) >= 11 is 6.22. The number of aromatic nitrogens is 5. The number of benzene rings is 1. The molecule has 0 saturated carbocycles. The van der Waals surface area contributed by atoms with Crippen LogP contribution in [-0.4, -0.2) is 45.4 Å². The molecule has 0 amide bonds. The van der Waals surface area contributed by atoms with E-state index in [0.29, 0.717) is 15.9 Å². The van der Waals surface area contributed by atoms with E-state index in [2.05, 4.69) is 10.1 Å². The quantitative estimate of drug-likeness (QED) is 0.273. The van der Waals surface area contributed by atoms with Crippen LogP contribution in [0.5, 0.6) is 0 Å². The number of nitrogens with zero attached hydrogens (tertiary/aromatic N) is 6. The minimum absolute atomic E-state index is 0.125. The number of hydrogen-bond acceptors (Lipinski definition) is 6. The largest absolute Gasteiger partial charge is 0.464 e. The molecule has 0 aliphatic carbocycles. The Labute approximate surface area is 185 Å². The molecule has 0 spiro atoms. The van der Waals surface area contributed by atoms with Crippen LogP contribution in [0.3, 0.4) is 0 Å². The highest BCUT2D eigenvalue weighted by Crippen LogP contribution is 2.27. The maximum Gasteiger partial charge on any atom is 0.416 e. The fourth-order valence-electron chi connectivity index (χ4n) is 3.91. The molecular weight excluding hydrogens is 440 g/mol. The highest BCUT2D eigenvalue weighted by atomic mass is 35.5. The maximum absolute atomic E-state index is 13.3. The van der Waals surface area contributed by atoms with Gasteiger partial charge in [0.2, 0.25) is 0 Å². The minimum Gasteiger partial charge on any atom is -0.464 e. The zero-order valence-electron chi connectivity index (χ0n) is 17.4. The van der Waals surface area contributed by atoms with E-state index >= 15 is 0 Å². The Morgan fingerprint density at radius 3 is 2.59 bits per heavy atom. The SMILES string of the molecule is CCn1c(=O)n(Cc2cc3c(Cl)cccc3n2C(=O)O)c(=O)c2c1nc(C(C)=NO)n2C. The lowest BCUT2D eigenvalue weighted by Crippen LogP contribution is -2.41. The van der Waals surface area contributed by atoms with Crippen LogP contribution in [0.25, 0.3) is 22.1 Å². The first-order chi connectivity index (χ1) is 15.2. The Balaban J connectivity index is 2.03. The van der Waals surface area contributed by atoms with Crippen molar-refractivity contribution in [1.82, 2.24) is 23.3 Å². The van der Waals surface area contributed by atoms with Crippen LogP contribution >= 0.6 is 11.6 Å². The Hall–Kier alpha value is -3.86. The van der Waals surface area contributed by atoms with Gasteiger partial charge in [-0.3, -0.25) is 13.9 Å². The smallest absolute Gasteiger partial charge is 0.416 e. The van der Waals surface area contributed by atoms with E-state index in [4.69, 9.17) is 16.8 Å². The number of carboxylic acid groups (broad SMARTS) is 1. The molecule has 0 unspecified atom stereocenters. The molecule has 12 heteroatoms. The molecule has 0 aliphatic heterocycles. The fraction of sp³-hybridized carbons (Fsp3) is 0.250. The van der Waals surface area contributed by atoms with Crippen molar-refractivity contribution in [3.05, 3.63) is 61.6 Å². The zero-order valence-corrected chi connectivity index (χ0v) is 18.2. The van der Waals surface area contributed by atoms with Gasteiger partial charge in [-0.05, 0) is 32.0 Å². The van der Waals surface area contributed by atoms with Gasteiger partial charge in [0, 0.05) is 24.0 Å². The summed E-state index contributed by atoms with van der Waals surface area (Å²) in [7, 11) is 1.57. The maximum atomic E-state index is 13.3. The monoisotopic (exact) mass is 458 g/mol. The van der Waals surface area contributed by atoms with Crippen molar-refractivity contribution in [2.75, 3.05) is 0 Å². The molecule has 32 heavy (non-hydrogen) atoms. The van der Waals surface area contributed by atoms with E-state index in [1.165, 1.54) is 16.1 Å². The Morgan fingerprint density at radius 2 is 1.97 bits per heavy atom. The summed E-state index contributed by atoms with van der Waals surface area (Å²) < 4.78 is 4.72. The summed E-state index contributed by atoms with van der Waals surface area (Å²) in [5.74, 6) is 0.227. The van der Waals surface area contributed by atoms with Gasteiger partial charge in [-0.15, -0.1) is 0 Å². The summed E-state index contributed by atoms with van der Waals surface area (Å²) in [6.07, 6.45) is -1.26. The Morgan fingerprint density at radius 1 is 1.25 bits per heavy atom. The first-order valence-corrected chi connectivity index (χ1v) is 10.00. The standard InChI is InChI=1S/C20H19ClN6O5/c1-4-25-17-15(24(3)16(22-17)10(2)23-32)18(28)26(19(25)29)9-11-8-12-13(21)6-5-7-14(12)27(11)20(30)31/h5-8,32H,4,9H2,1-3H3,(H,30,31). The molecule has 3 heterocycles. The number of oxime groups is 1. The lowest BCUT2D eigenvalue weighted by molar-refractivity contribution is 0.196. The van der Waals surface area contributed by atoms with Gasteiger partial charge < -0.3 is 14.9 Å². The molecule has 4 aromatic rings. The van der Waals surface area contributed by atoms with Gasteiger partial charge in [0.1, 0.15) is 5.71 Å². The summed E-state index contributed by atoms with van der Waals surface area (Å²) in [5.41, 5.74) is -0.275. The lowest BCUT2D eigenvalue weighted by atomic mass is 10.2. The molecule has 4 rings (SSSR count). The molecule has 2 N–H and O–H groups in total. The Kier molecular flexibility index (Phi) is 5.13. The molecule has 3 aromatic heterocycles. The number of rotatable bonds is 4. The van der Waals surface area contributed by atoms with Crippen LogP contribution in [0.4, 0.5) is 4.79 Å². The van der Waals surface area contributed by atoms with Gasteiger partial charge in [0.15, 0.2) is 17.0 Å². The average Bonchev–Trinajstić information content (AvgIpc) is 3.30. The fourth-order valence-corrected chi connectivity index (χ4v) is 4.13. The van der Waals surface area contributed by atoms with Crippen molar-refractivity contribution in [3.63, 3.8) is 0 Å². The van der Waals surface area contributed by atoms with E-state index in [-0.39, 0.29) is 41.5 Å². The summed E-state index contributed by atoms with van der Waals surface area (Å²) in [6.45, 7) is 3.17. The molecular formula is C20H19ClN6O5. The number of fused-ring (bicyclic) bond motifs is 2. The van der Waals surface area contributed by atoms with E-state index < -0.39 is 17.3 Å². The zero-order chi connectivity index (χ0) is 23.3. The second-order valence-electron chi connectivity index (χ2n) is 7.20. The van der Waals surface area contributed by atoms with Crippen molar-refractivity contribution < 1.29 is 15.1 Å². The van der Waals surface area contributed by atoms with Crippen molar-refractivity contribution in [1.29, 1.82) is 0 Å². The van der Waals surface area contributed by atoms with Crippen molar-refractivity contribution in [3.8, 4) is 0 Å². The van der Waals surface area contributed by atoms with Crippen LogP contribution in [0.1, 0.15) is 25.4 Å². The van der Waals surface area contributed by atoms with Crippen LogP contribution in [0.15, 0.2) is 39.0 Å². The highest BCUT2D eigenvalue weighted by molar-refractivity contribution is 6.35. The van der Waals surface area contributed by atoms with Gasteiger partial charge in [0.05, 0.1) is 17.8 Å². The number of halogens is 1. The third-order valence-corrected chi connectivity index (χ3v) is 5.74. The number of hydrogen-bond donors (Lipinski definition) is 2. The normalized spacial score (nSPS) is 12.2. The van der Waals surface area contributed by atoms with Crippen molar-refractivity contribution in [2.45, 2.75) is 26.9 Å². The van der Waals surface area contributed by atoms with Gasteiger partial charge in [-0.2, -0.15) is 0 Å². The molecule has 0 bridgehead atoms. The minimum atomic E-state index is -1.26. The lowest BCUT2D eigenvalue weighted by Gasteiger charge is -2.11. The van der Waals surface area contributed by atoms with Crippen molar-refractivity contribution >= 4 is 45.5 Å². The van der Waals surface area contributed by atoms with Gasteiger partial charge in [-0.25, -0.2) is 19.1 Å². The van der Waals surface area contributed by atoms with E-state index in [0.717, 1.165) is 9.13 Å². The number of imidazole rings is 1. The van der Waals surface area contributed by atoms with E-state index in [1.807, 2.05) is 0 Å². The first kappa shape index (κ1) is 21.4. The predicted molar refractivity (Wildman–Crippen MR) is 118 cm³/mol. The van der Waals surface area contributed by atoms with Crippen LogP contribution in [0, 0.1) is 0 Å². The second-order valence-corrected chi connectivity index (χ2v) is 7.60.